The highest BCUT2D eigenvalue weighted by Crippen LogP contribution is 2.39. The topological polar surface area (TPSA) is 432 Å². The summed E-state index contributed by atoms with van der Waals surface area (Å²) < 4.78 is 99.9. The SMILES string of the molecule is COc1c(C(=O)NC2CC2)ccc2n[nH]c(/C=C/c3cccc(F)c3)c12.COc1c(C(=O)NCc2ccco2)ccc2n[nH]c(/C=C/c3cccc(F)c3)c12.COc1c(C(=O)N[C@@H](C)C(N)=O)ccc2n[nH]c(/C=C/c3cccc(F)c3)c12.COc1c(C(=O)N[C@H](CO)C(C)C)ccc2n[nH]c(/C=C/c3cccc(F)c3)c12.COc1c(C(=O)N[C@H](CO)c2ccccc2)ccc2n[nH]c(/C=C/c3cccc(F)c3)c12. The van der Waals surface area contributed by atoms with Crippen LogP contribution >= 0.6 is 0 Å². The van der Waals surface area contributed by atoms with Gasteiger partial charge in [-0.3, -0.25) is 54.3 Å². The summed E-state index contributed by atoms with van der Waals surface area (Å²) in [7, 11) is 7.46. The quantitative estimate of drug-likeness (QED) is 0.0179. The number of benzene rings is 11. The monoisotopic (exact) mass is 1950 g/mol. The van der Waals surface area contributed by atoms with Crippen LogP contribution in [-0.2, 0) is 11.3 Å². The number of aliphatic hydroxyl groups excluding tert-OH is 2. The van der Waals surface area contributed by atoms with Crippen LogP contribution in [0.5, 0.6) is 28.7 Å². The van der Waals surface area contributed by atoms with Crippen molar-refractivity contribution in [1.29, 1.82) is 0 Å². The van der Waals surface area contributed by atoms with Crippen LogP contribution in [0.4, 0.5) is 22.0 Å². The Labute approximate surface area is 821 Å². The number of aromatic nitrogens is 10. The van der Waals surface area contributed by atoms with Gasteiger partial charge in [0.2, 0.25) is 5.91 Å². The van der Waals surface area contributed by atoms with Gasteiger partial charge in [0.05, 0.1) is 184 Å². The molecule has 17 aromatic rings. The molecule has 736 valence electrons. The highest BCUT2D eigenvalue weighted by Gasteiger charge is 2.30. The number of nitrogens with two attached hydrogens (primary N) is 1. The molecular formula is C109H101F5N16O14. The first-order valence-electron chi connectivity index (χ1n) is 45.3. The minimum Gasteiger partial charge on any atom is -0.495 e. The van der Waals surface area contributed by atoms with Crippen molar-refractivity contribution in [2.24, 2.45) is 11.7 Å². The molecule has 30 nitrogen and oxygen atoms in total. The molecule has 14 N–H and O–H groups in total. The van der Waals surface area contributed by atoms with Crippen molar-refractivity contribution in [2.75, 3.05) is 48.8 Å². The number of aliphatic hydroxyl groups is 2. The summed E-state index contributed by atoms with van der Waals surface area (Å²) in [6.45, 7) is 5.22. The normalized spacial score (nSPS) is 12.4. The van der Waals surface area contributed by atoms with Gasteiger partial charge in [-0.15, -0.1) is 0 Å². The molecule has 144 heavy (non-hydrogen) atoms. The Balaban J connectivity index is 0.000000143. The van der Waals surface area contributed by atoms with Gasteiger partial charge in [-0.2, -0.15) is 25.5 Å². The summed E-state index contributed by atoms with van der Waals surface area (Å²) in [4.78, 5) is 74.8. The van der Waals surface area contributed by atoms with E-state index in [1.807, 2.05) is 50.2 Å². The highest BCUT2D eigenvalue weighted by atomic mass is 19.1. The Morgan fingerprint density at radius 1 is 0.382 bits per heavy atom. The number of halogens is 5. The zero-order valence-corrected chi connectivity index (χ0v) is 79.1. The van der Waals surface area contributed by atoms with Crippen LogP contribution in [0.2, 0.25) is 0 Å². The van der Waals surface area contributed by atoms with E-state index in [9.17, 15) is 60.9 Å². The number of carbonyl (C=O) groups is 6. The van der Waals surface area contributed by atoms with E-state index >= 15 is 0 Å². The Bertz CT molecular complexity index is 7630. The third-order valence-electron chi connectivity index (χ3n) is 22.9. The number of nitrogens with one attached hydrogen (secondary N) is 10. The molecule has 0 aliphatic heterocycles. The van der Waals surface area contributed by atoms with E-state index in [-0.39, 0.29) is 96.0 Å². The molecular weight excluding hydrogens is 1850 g/mol. The smallest absolute Gasteiger partial charge is 0.255 e. The average molecular weight is 1950 g/mol. The number of fused-ring (bicyclic) bond motifs is 5. The summed E-state index contributed by atoms with van der Waals surface area (Å²) in [6.07, 6.45) is 21.2. The summed E-state index contributed by atoms with van der Waals surface area (Å²) in [5.74, 6) is -1.20. The average Bonchev–Trinajstić information content (AvgIpc) is 1.64. The molecule has 0 unspecified atom stereocenters. The summed E-state index contributed by atoms with van der Waals surface area (Å²) in [5, 5.41) is 72.5. The molecule has 0 bridgehead atoms. The lowest BCUT2D eigenvalue weighted by Gasteiger charge is -2.20. The fourth-order valence-electron chi connectivity index (χ4n) is 15.4. The van der Waals surface area contributed by atoms with Gasteiger partial charge in [-0.05, 0) is 223 Å². The van der Waals surface area contributed by atoms with Gasteiger partial charge >= 0.3 is 0 Å². The molecule has 18 rings (SSSR count). The Morgan fingerprint density at radius 3 is 0.972 bits per heavy atom. The second-order valence-corrected chi connectivity index (χ2v) is 33.1. The number of ether oxygens (including phenoxy) is 5. The Hall–Kier alpha value is -17.9. The first-order valence-corrected chi connectivity index (χ1v) is 45.3. The Morgan fingerprint density at radius 2 is 0.694 bits per heavy atom. The first-order chi connectivity index (χ1) is 69.7. The number of nitrogens with zero attached hydrogens (tertiary/aromatic N) is 5. The van der Waals surface area contributed by atoms with E-state index in [4.69, 9.17) is 33.8 Å². The van der Waals surface area contributed by atoms with Crippen LogP contribution in [0.15, 0.2) is 235 Å². The van der Waals surface area contributed by atoms with Gasteiger partial charge in [0.1, 0.15) is 69.6 Å². The number of hydrogen-bond acceptors (Lipinski definition) is 19. The maximum Gasteiger partial charge on any atom is 0.255 e. The molecule has 1 aliphatic carbocycles. The van der Waals surface area contributed by atoms with Gasteiger partial charge in [-0.1, -0.05) is 135 Å². The van der Waals surface area contributed by atoms with E-state index < -0.39 is 23.9 Å². The van der Waals surface area contributed by atoms with Crippen molar-refractivity contribution in [3.05, 3.63) is 355 Å². The maximum absolute atomic E-state index is 13.5. The summed E-state index contributed by atoms with van der Waals surface area (Å²) >= 11 is 0. The lowest BCUT2D eigenvalue weighted by Crippen LogP contribution is -2.42. The molecule has 3 atom stereocenters. The van der Waals surface area contributed by atoms with Crippen LogP contribution in [0, 0.1) is 35.0 Å². The fraction of sp³-hybridized carbons (Fsp3) is 0.165. The van der Waals surface area contributed by atoms with Gasteiger partial charge in [-0.25, -0.2) is 22.0 Å². The minimum absolute atomic E-state index is 0.0809. The lowest BCUT2D eigenvalue weighted by atomic mass is 10.0. The van der Waals surface area contributed by atoms with Crippen LogP contribution in [0.25, 0.3) is 115 Å². The van der Waals surface area contributed by atoms with Crippen LogP contribution in [-0.4, -0.2) is 164 Å². The molecule has 6 amide bonds. The number of furan rings is 1. The first kappa shape index (κ1) is 102. The third kappa shape index (κ3) is 25.4. The molecule has 11 aromatic carbocycles. The maximum atomic E-state index is 13.5. The number of H-pyrrole nitrogens is 5. The van der Waals surface area contributed by atoms with Crippen LogP contribution in [0.3, 0.4) is 0 Å². The molecule has 0 spiro atoms. The molecule has 0 radical (unpaired) electrons. The van der Waals surface area contributed by atoms with E-state index in [0.29, 0.717) is 157 Å². The van der Waals surface area contributed by atoms with Crippen molar-refractivity contribution in [3.63, 3.8) is 0 Å². The summed E-state index contributed by atoms with van der Waals surface area (Å²) in [5.41, 5.74) is 17.7. The number of aromatic amines is 5. The number of rotatable bonds is 31. The highest BCUT2D eigenvalue weighted by molar-refractivity contribution is 6.11. The molecule has 6 heterocycles. The molecule has 1 fully saturated rings. The molecule has 1 saturated carbocycles. The second kappa shape index (κ2) is 48.1. The largest absolute Gasteiger partial charge is 0.495 e. The summed E-state index contributed by atoms with van der Waals surface area (Å²) in [6, 6.07) is 59.3. The molecule has 1 aliphatic rings. The number of carbonyl (C=O) groups excluding carboxylic acids is 6. The van der Waals surface area contributed by atoms with E-state index in [1.54, 1.807) is 194 Å². The van der Waals surface area contributed by atoms with E-state index in [0.717, 1.165) is 29.4 Å². The van der Waals surface area contributed by atoms with Gasteiger partial charge in [0, 0.05) is 6.04 Å². The zero-order valence-electron chi connectivity index (χ0n) is 79.1. The number of methoxy groups -OCH3 is 5. The predicted octanol–water partition coefficient (Wildman–Crippen LogP) is 18.6. The van der Waals surface area contributed by atoms with Crippen molar-refractivity contribution >= 4 is 151 Å². The van der Waals surface area contributed by atoms with Crippen molar-refractivity contribution in [3.8, 4) is 28.7 Å². The molecule has 35 heteroatoms. The van der Waals surface area contributed by atoms with Gasteiger partial charge in [0.25, 0.3) is 29.5 Å². The predicted molar refractivity (Wildman–Crippen MR) is 543 cm³/mol. The van der Waals surface area contributed by atoms with Crippen molar-refractivity contribution in [1.82, 2.24) is 77.6 Å². The van der Waals surface area contributed by atoms with Crippen molar-refractivity contribution in [2.45, 2.75) is 64.3 Å². The van der Waals surface area contributed by atoms with Gasteiger partial charge < -0.3 is 70.6 Å². The third-order valence-corrected chi connectivity index (χ3v) is 22.9. The zero-order chi connectivity index (χ0) is 102. The number of primary amides is 1. The van der Waals surface area contributed by atoms with Crippen LogP contribution in [0.1, 0.15) is 159 Å². The Kier molecular flexibility index (Phi) is 34.1. The second-order valence-electron chi connectivity index (χ2n) is 33.1. The number of amides is 6. The standard InChI is InChI=1S/C25H22FN3O3.C22H18FN3O3.C22H24FN3O3.C20H19FN4O3.C20H18FN3O2/c1-32-24-19(25(31)27-22(15-30)17-7-3-2-4-8-17)11-13-21-23(24)20(28-29-21)12-10-16-6-5-9-18(26)14-16;1-28-21-17(22(27)24-13-16-6-3-11-29-16)8-10-19-20(21)18(25-26-19)9-7-14-4-2-5-15(23)12-14;1-13(2)19(12-27)24-22(28)16-8-10-18-20(21(16)29-3)17(25-26-18)9-7-14-5-4-6-15(23)11-14;1-11(19(22)26)23-20(27)14-7-9-16-17(18(14)28-2)15(24-25-16)8-6-12-4-3-5-13(21)10-12;1-26-19-15(20(25)22-14-6-7-14)8-10-17-18(19)16(23-24-17)9-5-12-3-2-4-13(21)11-12/h2-14,22,30H,15H2,1H3,(H,27,31)(H,28,29);2-12H,13H2,1H3,(H,24,27)(H,25,26);4-11,13,19,27H,12H2,1-3H3,(H,24,28)(H,25,26);3-11H,1-2H3,(H2,22,26)(H,23,27)(H,24,25);2-5,8-11,14H,6-7H2,1H3,(H,22,25)(H,23,24)/b12-10+;2*9-7+;8-6+;9-5+/t22-;;19-;11-;/m1.10./s1. The molecule has 6 aromatic heterocycles. The lowest BCUT2D eigenvalue weighted by molar-refractivity contribution is -0.119. The van der Waals surface area contributed by atoms with E-state index in [1.165, 1.54) is 103 Å². The van der Waals surface area contributed by atoms with Crippen molar-refractivity contribution < 1.29 is 89.0 Å². The van der Waals surface area contributed by atoms with Gasteiger partial charge in [0.15, 0.2) is 0 Å². The minimum atomic E-state index is -0.829. The fourth-order valence-corrected chi connectivity index (χ4v) is 15.4. The number of hydrogen-bond donors (Lipinski definition) is 13. The molecule has 0 saturated heterocycles. The van der Waals surface area contributed by atoms with E-state index in [2.05, 4.69) is 77.6 Å². The van der Waals surface area contributed by atoms with Crippen LogP contribution < -0.4 is 56.0 Å².